The fraction of sp³-hybridized carbons (Fsp3) is 0.286. The molecule has 0 spiro atoms. The summed E-state index contributed by atoms with van der Waals surface area (Å²) in [5.41, 5.74) is 1.54. The van der Waals surface area contributed by atoms with Crippen LogP contribution in [0.25, 0.3) is 11.2 Å². The fourth-order valence-electron chi connectivity index (χ4n) is 2.14. The Kier molecular flexibility index (Phi) is 3.36. The zero-order chi connectivity index (χ0) is 14.1. The Bertz CT molecular complexity index is 748. The molecule has 0 amide bonds. The Morgan fingerprint density at radius 1 is 1.25 bits per heavy atom. The molecule has 0 saturated heterocycles. The number of fused-ring (bicyclic) bond motifs is 1. The van der Waals surface area contributed by atoms with Crippen molar-refractivity contribution in [1.82, 2.24) is 14.5 Å². The van der Waals surface area contributed by atoms with Gasteiger partial charge in [0, 0.05) is 6.07 Å². The van der Waals surface area contributed by atoms with E-state index in [1.54, 1.807) is 13.2 Å². The molecule has 0 fully saturated rings. The van der Waals surface area contributed by atoms with Crippen molar-refractivity contribution in [2.45, 2.75) is 19.3 Å². The van der Waals surface area contributed by atoms with E-state index in [4.69, 9.17) is 20.8 Å². The van der Waals surface area contributed by atoms with Crippen LogP contribution in [0.5, 0.6) is 5.88 Å². The van der Waals surface area contributed by atoms with Crippen LogP contribution in [0, 0.1) is 6.92 Å². The van der Waals surface area contributed by atoms with Crippen LogP contribution in [-0.4, -0.2) is 21.6 Å². The van der Waals surface area contributed by atoms with Crippen molar-refractivity contribution in [2.24, 2.45) is 0 Å². The molecule has 0 N–H and O–H groups in total. The highest BCUT2D eigenvalue weighted by Gasteiger charge is 2.14. The molecule has 3 aromatic rings. The number of pyridine rings is 1. The van der Waals surface area contributed by atoms with E-state index in [0.717, 1.165) is 28.5 Å². The molecule has 3 aromatic heterocycles. The van der Waals surface area contributed by atoms with Crippen molar-refractivity contribution in [3.05, 3.63) is 41.6 Å². The minimum absolute atomic E-state index is 0.318. The molecule has 0 aliphatic heterocycles. The molecule has 0 radical (unpaired) electrons. The van der Waals surface area contributed by atoms with Crippen LogP contribution in [-0.2, 0) is 12.4 Å². The van der Waals surface area contributed by atoms with E-state index in [1.165, 1.54) is 0 Å². The SMILES string of the molecule is COc1ccc2nc(CCl)n(Cc3ccc(C)o3)c2n1. The summed E-state index contributed by atoms with van der Waals surface area (Å²) in [5, 5.41) is 0. The summed E-state index contributed by atoms with van der Waals surface area (Å²) >= 11 is 5.98. The summed E-state index contributed by atoms with van der Waals surface area (Å²) in [6.45, 7) is 2.46. The molecule has 20 heavy (non-hydrogen) atoms. The van der Waals surface area contributed by atoms with Gasteiger partial charge in [-0.1, -0.05) is 0 Å². The molecule has 5 nitrogen and oxygen atoms in total. The van der Waals surface area contributed by atoms with E-state index in [9.17, 15) is 0 Å². The Morgan fingerprint density at radius 2 is 2.10 bits per heavy atom. The van der Waals surface area contributed by atoms with Gasteiger partial charge in [0.05, 0.1) is 19.5 Å². The van der Waals surface area contributed by atoms with E-state index >= 15 is 0 Å². The minimum atomic E-state index is 0.318. The molecule has 3 heterocycles. The molecule has 0 atom stereocenters. The van der Waals surface area contributed by atoms with Crippen molar-refractivity contribution >= 4 is 22.8 Å². The van der Waals surface area contributed by atoms with Crippen LogP contribution in [0.1, 0.15) is 17.3 Å². The van der Waals surface area contributed by atoms with Gasteiger partial charge < -0.3 is 13.7 Å². The van der Waals surface area contributed by atoms with E-state index in [2.05, 4.69) is 9.97 Å². The highest BCUT2D eigenvalue weighted by atomic mass is 35.5. The van der Waals surface area contributed by atoms with Crippen LogP contribution in [0.3, 0.4) is 0 Å². The summed E-state index contributed by atoms with van der Waals surface area (Å²) < 4.78 is 12.7. The molecule has 104 valence electrons. The summed E-state index contributed by atoms with van der Waals surface area (Å²) in [4.78, 5) is 8.92. The topological polar surface area (TPSA) is 53.1 Å². The average molecular weight is 292 g/mol. The molecular formula is C14H14ClN3O2. The quantitative estimate of drug-likeness (QED) is 0.693. The van der Waals surface area contributed by atoms with Crippen LogP contribution >= 0.6 is 11.6 Å². The first-order chi connectivity index (χ1) is 9.71. The summed E-state index contributed by atoms with van der Waals surface area (Å²) in [5.74, 6) is 3.35. The van der Waals surface area contributed by atoms with Crippen molar-refractivity contribution in [3.8, 4) is 5.88 Å². The lowest BCUT2D eigenvalue weighted by Gasteiger charge is -2.05. The number of ether oxygens (including phenoxy) is 1. The van der Waals surface area contributed by atoms with Gasteiger partial charge in [-0.2, -0.15) is 4.98 Å². The maximum Gasteiger partial charge on any atom is 0.215 e. The molecular weight excluding hydrogens is 278 g/mol. The maximum absolute atomic E-state index is 5.98. The average Bonchev–Trinajstić information content (AvgIpc) is 3.03. The van der Waals surface area contributed by atoms with E-state index in [0.29, 0.717) is 18.3 Å². The van der Waals surface area contributed by atoms with Crippen molar-refractivity contribution in [1.29, 1.82) is 0 Å². The third-order valence-corrected chi connectivity index (χ3v) is 3.32. The third kappa shape index (κ3) is 2.25. The molecule has 0 aromatic carbocycles. The zero-order valence-corrected chi connectivity index (χ0v) is 12.0. The first kappa shape index (κ1) is 13.0. The Labute approximate surface area is 121 Å². The van der Waals surface area contributed by atoms with Gasteiger partial charge in [-0.25, -0.2) is 4.98 Å². The number of aromatic nitrogens is 3. The first-order valence-corrected chi connectivity index (χ1v) is 6.76. The second kappa shape index (κ2) is 5.17. The number of aryl methyl sites for hydroxylation is 1. The van der Waals surface area contributed by atoms with Gasteiger partial charge in [-0.3, -0.25) is 0 Å². The molecule has 3 rings (SSSR count). The van der Waals surface area contributed by atoms with Crippen LogP contribution < -0.4 is 4.74 Å². The second-order valence-electron chi connectivity index (χ2n) is 4.46. The van der Waals surface area contributed by atoms with Gasteiger partial charge in [0.25, 0.3) is 0 Å². The first-order valence-electron chi connectivity index (χ1n) is 6.22. The van der Waals surface area contributed by atoms with Gasteiger partial charge in [0.15, 0.2) is 5.65 Å². The van der Waals surface area contributed by atoms with E-state index in [-0.39, 0.29) is 0 Å². The summed E-state index contributed by atoms with van der Waals surface area (Å²) in [6, 6.07) is 7.54. The number of imidazole rings is 1. The Hall–Kier alpha value is -2.01. The monoisotopic (exact) mass is 291 g/mol. The number of hydrogen-bond acceptors (Lipinski definition) is 4. The van der Waals surface area contributed by atoms with Crippen LogP contribution in [0.15, 0.2) is 28.7 Å². The standard InChI is InChI=1S/C14H14ClN3O2/c1-9-3-4-10(20-9)8-18-12(7-15)16-11-5-6-13(19-2)17-14(11)18/h3-6H,7-8H2,1-2H3. The van der Waals surface area contributed by atoms with Gasteiger partial charge in [-0.05, 0) is 25.1 Å². The molecule has 0 bridgehead atoms. The molecule has 0 saturated carbocycles. The largest absolute Gasteiger partial charge is 0.481 e. The van der Waals surface area contributed by atoms with Crippen LogP contribution in [0.4, 0.5) is 0 Å². The van der Waals surface area contributed by atoms with Crippen molar-refractivity contribution < 1.29 is 9.15 Å². The summed E-state index contributed by atoms with van der Waals surface area (Å²) in [7, 11) is 1.59. The highest BCUT2D eigenvalue weighted by Crippen LogP contribution is 2.21. The lowest BCUT2D eigenvalue weighted by molar-refractivity contribution is 0.398. The Balaban J connectivity index is 2.10. The molecule has 0 unspecified atom stereocenters. The molecule has 6 heteroatoms. The van der Waals surface area contributed by atoms with Crippen LogP contribution in [0.2, 0.25) is 0 Å². The van der Waals surface area contributed by atoms with Crippen molar-refractivity contribution in [2.75, 3.05) is 7.11 Å². The second-order valence-corrected chi connectivity index (χ2v) is 4.72. The number of alkyl halides is 1. The van der Waals surface area contributed by atoms with Gasteiger partial charge in [0.1, 0.15) is 22.9 Å². The number of methoxy groups -OCH3 is 1. The number of hydrogen-bond donors (Lipinski definition) is 0. The lowest BCUT2D eigenvalue weighted by atomic mass is 10.4. The fourth-order valence-corrected chi connectivity index (χ4v) is 2.34. The Morgan fingerprint density at radius 3 is 2.75 bits per heavy atom. The maximum atomic E-state index is 5.98. The van der Waals surface area contributed by atoms with Gasteiger partial charge >= 0.3 is 0 Å². The number of furan rings is 1. The third-order valence-electron chi connectivity index (χ3n) is 3.08. The van der Waals surface area contributed by atoms with E-state index < -0.39 is 0 Å². The lowest BCUT2D eigenvalue weighted by Crippen LogP contribution is -2.04. The normalized spacial score (nSPS) is 11.2. The smallest absolute Gasteiger partial charge is 0.215 e. The summed E-state index contributed by atoms with van der Waals surface area (Å²) in [6.07, 6.45) is 0. The predicted molar refractivity (Wildman–Crippen MR) is 76.2 cm³/mol. The van der Waals surface area contributed by atoms with Gasteiger partial charge in [-0.15, -0.1) is 11.6 Å². The van der Waals surface area contributed by atoms with E-state index in [1.807, 2.05) is 29.7 Å². The van der Waals surface area contributed by atoms with Crippen molar-refractivity contribution in [3.63, 3.8) is 0 Å². The molecule has 0 aliphatic carbocycles. The number of rotatable bonds is 4. The highest BCUT2D eigenvalue weighted by molar-refractivity contribution is 6.16. The number of halogens is 1. The zero-order valence-electron chi connectivity index (χ0n) is 11.3. The molecule has 0 aliphatic rings. The van der Waals surface area contributed by atoms with Gasteiger partial charge in [0.2, 0.25) is 5.88 Å². The minimum Gasteiger partial charge on any atom is -0.481 e. The number of nitrogens with zero attached hydrogens (tertiary/aromatic N) is 3. The predicted octanol–water partition coefficient (Wildman–Crippen LogP) is 3.13.